The molecule has 0 aromatic carbocycles. The molecule has 0 rings (SSSR count). The second kappa shape index (κ2) is 5.45. The third-order valence-corrected chi connectivity index (χ3v) is 1.71. The summed E-state index contributed by atoms with van der Waals surface area (Å²) in [6.45, 7) is 1.65. The van der Waals surface area contributed by atoms with E-state index in [1.165, 1.54) is 0 Å². The highest BCUT2D eigenvalue weighted by molar-refractivity contribution is 7.46. The summed E-state index contributed by atoms with van der Waals surface area (Å²) in [6.07, 6.45) is 1.97. The maximum atomic E-state index is 10.2. The Labute approximate surface area is 70.9 Å². The molecule has 0 radical (unpaired) electrons. The van der Waals surface area contributed by atoms with Gasteiger partial charge in [0, 0.05) is 0 Å². The number of phosphoric ester groups is 1. The van der Waals surface area contributed by atoms with Crippen LogP contribution in [0.15, 0.2) is 11.6 Å². The van der Waals surface area contributed by atoms with Crippen molar-refractivity contribution in [3.63, 3.8) is 0 Å². The van der Waals surface area contributed by atoms with Gasteiger partial charge in [-0.05, 0) is 13.3 Å². The summed E-state index contributed by atoms with van der Waals surface area (Å²) in [4.78, 5) is 16.6. The van der Waals surface area contributed by atoms with E-state index in [0.29, 0.717) is 6.42 Å². The first-order chi connectivity index (χ1) is 5.45. The molecular weight excluding hydrogens is 183 g/mol. The monoisotopic (exact) mass is 196 g/mol. The molecule has 0 aliphatic rings. The van der Waals surface area contributed by atoms with Gasteiger partial charge in [0.15, 0.2) is 0 Å². The molecule has 0 spiro atoms. The first kappa shape index (κ1) is 11.8. The zero-order chi connectivity index (χ0) is 9.61. The van der Waals surface area contributed by atoms with Crippen molar-refractivity contribution in [2.75, 3.05) is 13.2 Å². The molecule has 0 saturated heterocycles. The highest BCUT2D eigenvalue weighted by Gasteiger charge is 2.12. The van der Waals surface area contributed by atoms with Crippen LogP contribution in [0.5, 0.6) is 0 Å². The van der Waals surface area contributed by atoms with E-state index in [-0.39, 0.29) is 13.2 Å². The standard InChI is InChI=1S/C6H13O5P/c1-6(2-4-7)3-5-11-12(8,9)10/h2,7H,3-5H2,1H3,(H2,8,9,10)/b6-2-. The van der Waals surface area contributed by atoms with Gasteiger partial charge < -0.3 is 14.9 Å². The Morgan fingerprint density at radius 2 is 2.17 bits per heavy atom. The number of hydrogen-bond acceptors (Lipinski definition) is 3. The summed E-state index contributed by atoms with van der Waals surface area (Å²) in [5.74, 6) is 0. The van der Waals surface area contributed by atoms with Gasteiger partial charge in [-0.15, -0.1) is 0 Å². The molecule has 0 atom stereocenters. The van der Waals surface area contributed by atoms with Crippen LogP contribution in [-0.2, 0) is 9.09 Å². The summed E-state index contributed by atoms with van der Waals surface area (Å²) in [5.41, 5.74) is 0.839. The van der Waals surface area contributed by atoms with Crippen molar-refractivity contribution < 1.29 is 24.0 Å². The molecule has 72 valence electrons. The average Bonchev–Trinajstić information content (AvgIpc) is 1.84. The van der Waals surface area contributed by atoms with Gasteiger partial charge in [-0.3, -0.25) is 4.52 Å². The Bertz CT molecular complexity index is 194. The largest absolute Gasteiger partial charge is 0.469 e. The van der Waals surface area contributed by atoms with E-state index >= 15 is 0 Å². The lowest BCUT2D eigenvalue weighted by Crippen LogP contribution is -1.93. The van der Waals surface area contributed by atoms with Crippen molar-refractivity contribution in [1.29, 1.82) is 0 Å². The molecule has 0 aliphatic carbocycles. The van der Waals surface area contributed by atoms with Crippen molar-refractivity contribution in [3.8, 4) is 0 Å². The van der Waals surface area contributed by atoms with Gasteiger partial charge in [0.05, 0.1) is 13.2 Å². The predicted octanol–water partition coefficient (Wildman–Crippen LogP) is 0.424. The summed E-state index contributed by atoms with van der Waals surface area (Å²) in [5, 5.41) is 8.43. The smallest absolute Gasteiger partial charge is 0.392 e. The number of hydrogen-bond donors (Lipinski definition) is 3. The molecule has 0 aromatic heterocycles. The lowest BCUT2D eigenvalue weighted by Gasteiger charge is -2.04. The van der Waals surface area contributed by atoms with Crippen LogP contribution >= 0.6 is 7.82 Å². The van der Waals surface area contributed by atoms with Crippen LogP contribution in [0.4, 0.5) is 0 Å². The zero-order valence-electron chi connectivity index (χ0n) is 6.80. The van der Waals surface area contributed by atoms with E-state index in [1.54, 1.807) is 13.0 Å². The van der Waals surface area contributed by atoms with E-state index in [2.05, 4.69) is 4.52 Å². The molecule has 0 aliphatic heterocycles. The first-order valence-electron chi connectivity index (χ1n) is 3.42. The van der Waals surface area contributed by atoms with Crippen LogP contribution < -0.4 is 0 Å². The fraction of sp³-hybridized carbons (Fsp3) is 0.667. The Morgan fingerprint density at radius 1 is 1.58 bits per heavy atom. The van der Waals surface area contributed by atoms with Gasteiger partial charge in [0.2, 0.25) is 0 Å². The van der Waals surface area contributed by atoms with Crippen LogP contribution in [0.3, 0.4) is 0 Å². The molecule has 5 nitrogen and oxygen atoms in total. The second-order valence-corrected chi connectivity index (χ2v) is 3.55. The van der Waals surface area contributed by atoms with Crippen LogP contribution in [0.25, 0.3) is 0 Å². The zero-order valence-corrected chi connectivity index (χ0v) is 7.70. The van der Waals surface area contributed by atoms with Crippen LogP contribution in [0.2, 0.25) is 0 Å². The average molecular weight is 196 g/mol. The second-order valence-electron chi connectivity index (χ2n) is 2.31. The molecule has 0 bridgehead atoms. The van der Waals surface area contributed by atoms with E-state index in [0.717, 1.165) is 5.57 Å². The van der Waals surface area contributed by atoms with E-state index in [4.69, 9.17) is 14.9 Å². The minimum atomic E-state index is -4.33. The van der Waals surface area contributed by atoms with Gasteiger partial charge in [-0.25, -0.2) is 4.57 Å². The molecule has 0 fully saturated rings. The predicted molar refractivity (Wildman–Crippen MR) is 43.5 cm³/mol. The molecule has 6 heteroatoms. The topological polar surface area (TPSA) is 87.0 Å². The molecule has 0 unspecified atom stereocenters. The van der Waals surface area contributed by atoms with Gasteiger partial charge >= 0.3 is 7.82 Å². The summed E-state index contributed by atoms with van der Waals surface area (Å²) in [7, 11) is -4.33. The minimum Gasteiger partial charge on any atom is -0.392 e. The highest BCUT2D eigenvalue weighted by Crippen LogP contribution is 2.35. The normalized spacial score (nSPS) is 13.5. The quantitative estimate of drug-likeness (QED) is 0.438. The van der Waals surface area contributed by atoms with Crippen LogP contribution in [0.1, 0.15) is 13.3 Å². The van der Waals surface area contributed by atoms with Gasteiger partial charge in [-0.1, -0.05) is 11.6 Å². The molecule has 12 heavy (non-hydrogen) atoms. The number of phosphoric acid groups is 1. The lowest BCUT2D eigenvalue weighted by molar-refractivity contribution is 0.199. The fourth-order valence-electron chi connectivity index (χ4n) is 0.583. The molecule has 0 amide bonds. The summed E-state index contributed by atoms with van der Waals surface area (Å²) < 4.78 is 14.4. The number of rotatable bonds is 5. The fourth-order valence-corrected chi connectivity index (χ4v) is 0.913. The molecule has 3 N–H and O–H groups in total. The van der Waals surface area contributed by atoms with Crippen molar-refractivity contribution in [2.45, 2.75) is 13.3 Å². The summed E-state index contributed by atoms with van der Waals surface area (Å²) >= 11 is 0. The van der Waals surface area contributed by atoms with Crippen LogP contribution in [-0.4, -0.2) is 28.1 Å². The third-order valence-electron chi connectivity index (χ3n) is 1.20. The van der Waals surface area contributed by atoms with Crippen molar-refractivity contribution in [2.24, 2.45) is 0 Å². The maximum absolute atomic E-state index is 10.2. The highest BCUT2D eigenvalue weighted by atomic mass is 31.2. The SMILES string of the molecule is C/C(=C/CO)CCOP(=O)(O)O. The van der Waals surface area contributed by atoms with Crippen molar-refractivity contribution in [1.82, 2.24) is 0 Å². The van der Waals surface area contributed by atoms with Gasteiger partial charge in [0.1, 0.15) is 0 Å². The maximum Gasteiger partial charge on any atom is 0.469 e. The third kappa shape index (κ3) is 7.91. The number of aliphatic hydroxyl groups excluding tert-OH is 1. The minimum absolute atomic E-state index is 0.0351. The van der Waals surface area contributed by atoms with Crippen molar-refractivity contribution in [3.05, 3.63) is 11.6 Å². The Hall–Kier alpha value is -0.190. The first-order valence-corrected chi connectivity index (χ1v) is 4.95. The van der Waals surface area contributed by atoms with E-state index < -0.39 is 7.82 Å². The number of aliphatic hydroxyl groups is 1. The molecular formula is C6H13O5P. The Kier molecular flexibility index (Phi) is 5.37. The van der Waals surface area contributed by atoms with E-state index in [9.17, 15) is 4.57 Å². The molecule has 0 saturated carbocycles. The summed E-state index contributed by atoms with van der Waals surface area (Å²) in [6, 6.07) is 0. The Morgan fingerprint density at radius 3 is 2.58 bits per heavy atom. The molecule has 0 aromatic rings. The van der Waals surface area contributed by atoms with Gasteiger partial charge in [-0.2, -0.15) is 0 Å². The lowest BCUT2D eigenvalue weighted by atomic mass is 10.2. The van der Waals surface area contributed by atoms with E-state index in [1.807, 2.05) is 0 Å². The Balaban J connectivity index is 3.57. The van der Waals surface area contributed by atoms with Crippen LogP contribution in [0, 0.1) is 0 Å². The molecule has 0 heterocycles. The van der Waals surface area contributed by atoms with Gasteiger partial charge in [0.25, 0.3) is 0 Å². The van der Waals surface area contributed by atoms with Crippen molar-refractivity contribution >= 4 is 7.82 Å².